The van der Waals surface area contributed by atoms with Crippen LogP contribution >= 0.6 is 24.0 Å². The third-order valence-corrected chi connectivity index (χ3v) is 4.17. The fourth-order valence-corrected chi connectivity index (χ4v) is 2.78. The molecule has 0 heterocycles. The van der Waals surface area contributed by atoms with Crippen LogP contribution in [-0.4, -0.2) is 19.6 Å². The zero-order chi connectivity index (χ0) is 15.3. The van der Waals surface area contributed by atoms with E-state index >= 15 is 0 Å². The molecule has 0 saturated heterocycles. The molecule has 3 nitrogen and oxygen atoms in total. The van der Waals surface area contributed by atoms with Crippen LogP contribution in [0.3, 0.4) is 0 Å². The van der Waals surface area contributed by atoms with Gasteiger partial charge in [-0.05, 0) is 36.5 Å². The van der Waals surface area contributed by atoms with Crippen LogP contribution in [0.5, 0.6) is 0 Å². The molecule has 0 radical (unpaired) electrons. The Kier molecular flexibility index (Phi) is 7.52. The van der Waals surface area contributed by atoms with E-state index < -0.39 is 11.6 Å². The van der Waals surface area contributed by atoms with Gasteiger partial charge >= 0.3 is 0 Å². The summed E-state index contributed by atoms with van der Waals surface area (Å²) in [5.74, 6) is -0.233. The van der Waals surface area contributed by atoms with Crippen molar-refractivity contribution in [3.63, 3.8) is 0 Å². The van der Waals surface area contributed by atoms with Gasteiger partial charge in [0, 0.05) is 25.7 Å². The summed E-state index contributed by atoms with van der Waals surface area (Å²) >= 11 is 0. The summed E-state index contributed by atoms with van der Waals surface area (Å²) in [6.07, 6.45) is 4.99. The lowest BCUT2D eigenvalue weighted by atomic mass is 9.89. The van der Waals surface area contributed by atoms with Crippen LogP contribution in [0.4, 0.5) is 8.78 Å². The Hall–Kier alpha value is -0.920. The molecular weight excluding hydrogens is 399 g/mol. The molecule has 1 aliphatic carbocycles. The average Bonchev–Trinajstić information content (AvgIpc) is 2.90. The summed E-state index contributed by atoms with van der Waals surface area (Å²) in [5.41, 5.74) is 0.604. The summed E-state index contributed by atoms with van der Waals surface area (Å²) in [4.78, 5) is 4.13. The van der Waals surface area contributed by atoms with Crippen molar-refractivity contribution in [3.05, 3.63) is 35.4 Å². The predicted octanol–water partition coefficient (Wildman–Crippen LogP) is 3.83. The zero-order valence-electron chi connectivity index (χ0n) is 13.1. The third kappa shape index (κ3) is 5.37. The SMILES string of the molecule is CN=C(NCc1cc(F)ccc1F)NCC1(C)CCCC1.I. The van der Waals surface area contributed by atoms with E-state index in [4.69, 9.17) is 0 Å². The highest BCUT2D eigenvalue weighted by atomic mass is 127. The minimum absolute atomic E-state index is 0. The van der Waals surface area contributed by atoms with Crippen LogP contribution < -0.4 is 10.6 Å². The zero-order valence-corrected chi connectivity index (χ0v) is 15.4. The first-order chi connectivity index (χ1) is 10.0. The van der Waals surface area contributed by atoms with Gasteiger partial charge < -0.3 is 10.6 Å². The van der Waals surface area contributed by atoms with Crippen LogP contribution in [-0.2, 0) is 6.54 Å². The highest BCUT2D eigenvalue weighted by molar-refractivity contribution is 14.0. The summed E-state index contributed by atoms with van der Waals surface area (Å²) in [5, 5.41) is 6.31. The number of halogens is 3. The molecule has 1 fully saturated rings. The van der Waals surface area contributed by atoms with Crippen LogP contribution in [0, 0.1) is 17.0 Å². The number of rotatable bonds is 4. The molecular formula is C16H24F2IN3. The molecule has 0 bridgehead atoms. The van der Waals surface area contributed by atoms with E-state index in [2.05, 4.69) is 22.5 Å². The monoisotopic (exact) mass is 423 g/mol. The van der Waals surface area contributed by atoms with Gasteiger partial charge in [-0.15, -0.1) is 24.0 Å². The topological polar surface area (TPSA) is 36.4 Å². The van der Waals surface area contributed by atoms with Gasteiger partial charge in [-0.1, -0.05) is 19.8 Å². The van der Waals surface area contributed by atoms with E-state index in [1.165, 1.54) is 31.7 Å². The Morgan fingerprint density at radius 3 is 2.55 bits per heavy atom. The molecule has 0 aliphatic heterocycles. The molecule has 0 atom stereocenters. The standard InChI is InChI=1S/C16H23F2N3.HI/c1-16(7-3-4-8-16)11-21-15(19-2)20-10-12-9-13(17)5-6-14(12)18;/h5-6,9H,3-4,7-8,10-11H2,1-2H3,(H2,19,20,21);1H. The van der Waals surface area contributed by atoms with Gasteiger partial charge in [0.05, 0.1) is 0 Å². The van der Waals surface area contributed by atoms with Gasteiger partial charge in [-0.25, -0.2) is 8.78 Å². The first-order valence-electron chi connectivity index (χ1n) is 7.41. The minimum atomic E-state index is -0.436. The second kappa shape index (κ2) is 8.64. The molecule has 1 aromatic rings. The number of nitrogens with zero attached hydrogens (tertiary/aromatic N) is 1. The second-order valence-electron chi connectivity index (χ2n) is 6.03. The lowest BCUT2D eigenvalue weighted by molar-refractivity contribution is 0.334. The quantitative estimate of drug-likeness (QED) is 0.439. The molecule has 1 aromatic carbocycles. The van der Waals surface area contributed by atoms with Crippen LogP contribution in [0.2, 0.25) is 0 Å². The number of hydrogen-bond donors (Lipinski definition) is 2. The normalized spacial score (nSPS) is 17.0. The number of hydrogen-bond acceptors (Lipinski definition) is 1. The van der Waals surface area contributed by atoms with E-state index in [9.17, 15) is 8.78 Å². The van der Waals surface area contributed by atoms with E-state index in [0.717, 1.165) is 18.7 Å². The maximum atomic E-state index is 13.5. The van der Waals surface area contributed by atoms with E-state index in [-0.39, 0.29) is 30.5 Å². The van der Waals surface area contributed by atoms with Crippen LogP contribution in [0.25, 0.3) is 0 Å². The fourth-order valence-electron chi connectivity index (χ4n) is 2.78. The van der Waals surface area contributed by atoms with Crippen molar-refractivity contribution in [1.29, 1.82) is 0 Å². The molecule has 0 aromatic heterocycles. The van der Waals surface area contributed by atoms with Crippen molar-refractivity contribution < 1.29 is 8.78 Å². The van der Waals surface area contributed by atoms with Gasteiger partial charge in [-0.3, -0.25) is 4.99 Å². The number of aliphatic imine (C=N–C) groups is 1. The molecule has 0 amide bonds. The third-order valence-electron chi connectivity index (χ3n) is 4.17. The van der Waals surface area contributed by atoms with Crippen LogP contribution in [0.1, 0.15) is 38.2 Å². The fraction of sp³-hybridized carbons (Fsp3) is 0.562. The molecule has 2 N–H and O–H groups in total. The Balaban J connectivity index is 0.00000242. The van der Waals surface area contributed by atoms with E-state index in [1.807, 2.05) is 0 Å². The van der Waals surface area contributed by atoms with E-state index in [0.29, 0.717) is 16.9 Å². The van der Waals surface area contributed by atoms with Crippen molar-refractivity contribution in [2.45, 2.75) is 39.2 Å². The van der Waals surface area contributed by atoms with Crippen molar-refractivity contribution in [2.75, 3.05) is 13.6 Å². The first kappa shape index (κ1) is 19.1. The minimum Gasteiger partial charge on any atom is -0.356 e. The first-order valence-corrected chi connectivity index (χ1v) is 7.41. The van der Waals surface area contributed by atoms with Gasteiger partial charge in [0.1, 0.15) is 11.6 Å². The highest BCUT2D eigenvalue weighted by Gasteiger charge is 2.28. The molecule has 6 heteroatoms. The molecule has 0 spiro atoms. The Bertz CT molecular complexity index is 514. The Morgan fingerprint density at radius 1 is 1.23 bits per heavy atom. The summed E-state index contributed by atoms with van der Waals surface area (Å²) < 4.78 is 26.7. The van der Waals surface area contributed by atoms with Gasteiger partial charge in [-0.2, -0.15) is 0 Å². The summed E-state index contributed by atoms with van der Waals surface area (Å²) in [6.45, 7) is 3.32. The van der Waals surface area contributed by atoms with Crippen molar-refractivity contribution in [1.82, 2.24) is 10.6 Å². The number of nitrogens with one attached hydrogen (secondary N) is 2. The van der Waals surface area contributed by atoms with Crippen molar-refractivity contribution >= 4 is 29.9 Å². The van der Waals surface area contributed by atoms with Gasteiger partial charge in [0.2, 0.25) is 0 Å². The molecule has 0 unspecified atom stereocenters. The number of guanidine groups is 1. The molecule has 22 heavy (non-hydrogen) atoms. The maximum Gasteiger partial charge on any atom is 0.191 e. The maximum absolute atomic E-state index is 13.5. The van der Waals surface area contributed by atoms with Crippen LogP contribution in [0.15, 0.2) is 23.2 Å². The summed E-state index contributed by atoms with van der Waals surface area (Å²) in [7, 11) is 1.67. The average molecular weight is 423 g/mol. The smallest absolute Gasteiger partial charge is 0.191 e. The van der Waals surface area contributed by atoms with Crippen molar-refractivity contribution in [3.8, 4) is 0 Å². The second-order valence-corrected chi connectivity index (χ2v) is 6.03. The van der Waals surface area contributed by atoms with E-state index in [1.54, 1.807) is 7.05 Å². The lowest BCUT2D eigenvalue weighted by Crippen LogP contribution is -2.41. The predicted molar refractivity (Wildman–Crippen MR) is 96.5 cm³/mol. The number of benzene rings is 1. The Morgan fingerprint density at radius 2 is 1.91 bits per heavy atom. The lowest BCUT2D eigenvalue weighted by Gasteiger charge is -2.25. The molecule has 2 rings (SSSR count). The molecule has 1 aliphatic rings. The molecule has 1 saturated carbocycles. The highest BCUT2D eigenvalue weighted by Crippen LogP contribution is 2.36. The van der Waals surface area contributed by atoms with Gasteiger partial charge in [0.25, 0.3) is 0 Å². The molecule has 124 valence electrons. The summed E-state index contributed by atoms with van der Waals surface area (Å²) in [6, 6.07) is 3.46. The van der Waals surface area contributed by atoms with Gasteiger partial charge in [0.15, 0.2) is 5.96 Å². The Labute approximate surface area is 148 Å². The largest absolute Gasteiger partial charge is 0.356 e. The van der Waals surface area contributed by atoms with Crippen molar-refractivity contribution in [2.24, 2.45) is 10.4 Å².